The Morgan fingerprint density at radius 3 is 3.09 bits per heavy atom. The Bertz CT molecular complexity index is 688. The lowest BCUT2D eigenvalue weighted by atomic mass is 10.1. The summed E-state index contributed by atoms with van der Waals surface area (Å²) in [5.41, 5.74) is 0.495. The van der Waals surface area contributed by atoms with E-state index in [9.17, 15) is 4.79 Å². The fraction of sp³-hybridized carbons (Fsp3) is 0.467. The van der Waals surface area contributed by atoms with Crippen LogP contribution in [0.5, 0.6) is 11.9 Å². The molecule has 1 aliphatic rings. The van der Waals surface area contributed by atoms with Crippen LogP contribution in [0, 0.1) is 6.92 Å². The first-order valence-corrected chi connectivity index (χ1v) is 7.41. The van der Waals surface area contributed by atoms with Crippen molar-refractivity contribution in [2.75, 3.05) is 20.2 Å². The number of aryl methyl sites for hydroxylation is 1. The van der Waals surface area contributed by atoms with Gasteiger partial charge in [-0.3, -0.25) is 4.79 Å². The maximum atomic E-state index is 12.5. The van der Waals surface area contributed by atoms with Crippen LogP contribution in [0.4, 0.5) is 0 Å². The van der Waals surface area contributed by atoms with Crippen molar-refractivity contribution in [1.82, 2.24) is 20.0 Å². The highest BCUT2D eigenvalue weighted by Crippen LogP contribution is 2.20. The summed E-state index contributed by atoms with van der Waals surface area (Å²) in [4.78, 5) is 22.3. The van der Waals surface area contributed by atoms with Gasteiger partial charge >= 0.3 is 6.01 Å². The summed E-state index contributed by atoms with van der Waals surface area (Å²) in [7, 11) is 1.50. The van der Waals surface area contributed by atoms with Gasteiger partial charge in [0.25, 0.3) is 5.91 Å². The molecule has 1 aliphatic heterocycles. The van der Waals surface area contributed by atoms with Crippen LogP contribution in [0.1, 0.15) is 29.0 Å². The van der Waals surface area contributed by atoms with Gasteiger partial charge in [0.2, 0.25) is 5.88 Å². The van der Waals surface area contributed by atoms with E-state index in [2.05, 4.69) is 15.1 Å². The van der Waals surface area contributed by atoms with Crippen LogP contribution < -0.4 is 9.47 Å². The van der Waals surface area contributed by atoms with Crippen molar-refractivity contribution < 1.29 is 18.8 Å². The van der Waals surface area contributed by atoms with Gasteiger partial charge in [-0.15, -0.1) is 0 Å². The molecule has 2 aromatic rings. The van der Waals surface area contributed by atoms with E-state index in [1.807, 2.05) is 0 Å². The number of aromatic nitrogens is 3. The van der Waals surface area contributed by atoms with Crippen LogP contribution in [0.2, 0.25) is 0 Å². The number of ether oxygens (including phenoxy) is 2. The molecule has 1 atom stereocenters. The van der Waals surface area contributed by atoms with E-state index < -0.39 is 0 Å². The van der Waals surface area contributed by atoms with E-state index in [0.29, 0.717) is 30.3 Å². The minimum atomic E-state index is -0.118. The molecule has 0 bridgehead atoms. The van der Waals surface area contributed by atoms with Gasteiger partial charge in [-0.2, -0.15) is 4.98 Å². The van der Waals surface area contributed by atoms with Crippen LogP contribution >= 0.6 is 0 Å². The van der Waals surface area contributed by atoms with E-state index in [4.69, 9.17) is 14.0 Å². The number of nitrogens with zero attached hydrogens (tertiary/aromatic N) is 4. The number of rotatable bonds is 4. The van der Waals surface area contributed by atoms with E-state index in [1.165, 1.54) is 13.3 Å². The third-order valence-corrected chi connectivity index (χ3v) is 3.72. The van der Waals surface area contributed by atoms with Crippen molar-refractivity contribution in [3.05, 3.63) is 29.8 Å². The Kier molecular flexibility index (Phi) is 4.40. The zero-order valence-corrected chi connectivity index (χ0v) is 13.1. The van der Waals surface area contributed by atoms with E-state index in [0.717, 1.165) is 12.8 Å². The number of hydrogen-bond acceptors (Lipinski definition) is 7. The van der Waals surface area contributed by atoms with Crippen LogP contribution in [0.25, 0.3) is 0 Å². The highest BCUT2D eigenvalue weighted by atomic mass is 16.5. The minimum Gasteiger partial charge on any atom is -0.472 e. The van der Waals surface area contributed by atoms with Crippen molar-refractivity contribution in [2.24, 2.45) is 0 Å². The summed E-state index contributed by atoms with van der Waals surface area (Å²) < 4.78 is 15.8. The topological polar surface area (TPSA) is 90.6 Å². The van der Waals surface area contributed by atoms with Crippen LogP contribution in [-0.2, 0) is 0 Å². The van der Waals surface area contributed by atoms with Gasteiger partial charge in [0.05, 0.1) is 19.9 Å². The summed E-state index contributed by atoms with van der Waals surface area (Å²) >= 11 is 0. The summed E-state index contributed by atoms with van der Waals surface area (Å²) in [6.45, 7) is 2.91. The van der Waals surface area contributed by atoms with Gasteiger partial charge in [0, 0.05) is 18.8 Å². The Balaban J connectivity index is 1.66. The number of piperidine rings is 1. The Hall–Kier alpha value is -2.64. The highest BCUT2D eigenvalue weighted by molar-refractivity contribution is 5.94. The molecule has 23 heavy (non-hydrogen) atoms. The molecule has 0 aliphatic carbocycles. The lowest BCUT2D eigenvalue weighted by Gasteiger charge is -2.32. The van der Waals surface area contributed by atoms with Crippen molar-refractivity contribution in [2.45, 2.75) is 25.9 Å². The maximum Gasteiger partial charge on any atom is 0.319 e. The molecule has 2 aromatic heterocycles. The molecule has 0 N–H and O–H groups in total. The van der Waals surface area contributed by atoms with Crippen molar-refractivity contribution in [3.8, 4) is 11.9 Å². The molecule has 3 heterocycles. The van der Waals surface area contributed by atoms with Crippen LogP contribution in [-0.4, -0.2) is 52.2 Å². The normalized spacial score (nSPS) is 17.8. The van der Waals surface area contributed by atoms with Crippen LogP contribution in [0.3, 0.4) is 0 Å². The third-order valence-electron chi connectivity index (χ3n) is 3.72. The molecule has 8 nitrogen and oxygen atoms in total. The molecule has 1 unspecified atom stereocenters. The van der Waals surface area contributed by atoms with Crippen molar-refractivity contribution >= 4 is 5.91 Å². The maximum absolute atomic E-state index is 12.5. The number of amides is 1. The first-order chi connectivity index (χ1) is 11.2. The number of methoxy groups -OCH3 is 1. The number of likely N-dealkylation sites (tertiary alicyclic amines) is 1. The number of carbonyl (C=O) groups excluding carboxylic acids is 1. The first-order valence-electron chi connectivity index (χ1n) is 7.41. The van der Waals surface area contributed by atoms with Gasteiger partial charge in [-0.1, -0.05) is 5.16 Å². The molecule has 1 saturated heterocycles. The molecule has 0 aromatic carbocycles. The molecule has 1 amide bonds. The molecular weight excluding hydrogens is 300 g/mol. The minimum absolute atomic E-state index is 0.0858. The van der Waals surface area contributed by atoms with Gasteiger partial charge < -0.3 is 18.9 Å². The van der Waals surface area contributed by atoms with E-state index in [1.54, 1.807) is 24.1 Å². The van der Waals surface area contributed by atoms with Crippen molar-refractivity contribution in [1.29, 1.82) is 0 Å². The number of hydrogen-bond donors (Lipinski definition) is 0. The van der Waals surface area contributed by atoms with Crippen LogP contribution in [0.15, 0.2) is 23.0 Å². The second-order valence-corrected chi connectivity index (χ2v) is 5.31. The van der Waals surface area contributed by atoms with Gasteiger partial charge in [-0.25, -0.2) is 4.98 Å². The van der Waals surface area contributed by atoms with E-state index in [-0.39, 0.29) is 18.0 Å². The largest absolute Gasteiger partial charge is 0.472 e. The molecular formula is C15H18N4O4. The molecule has 0 saturated carbocycles. The van der Waals surface area contributed by atoms with Crippen molar-refractivity contribution in [3.63, 3.8) is 0 Å². The Labute approximate surface area is 133 Å². The molecule has 1 fully saturated rings. The fourth-order valence-corrected chi connectivity index (χ4v) is 2.55. The average molecular weight is 318 g/mol. The molecule has 8 heteroatoms. The quantitative estimate of drug-likeness (QED) is 0.843. The SMILES string of the molecule is COc1nccc(OC2CCCN(C(=O)c3cnoc3C)C2)n1. The summed E-state index contributed by atoms with van der Waals surface area (Å²) in [6, 6.07) is 1.93. The monoisotopic (exact) mass is 318 g/mol. The lowest BCUT2D eigenvalue weighted by Crippen LogP contribution is -2.44. The smallest absolute Gasteiger partial charge is 0.319 e. The average Bonchev–Trinajstić information content (AvgIpc) is 3.00. The zero-order chi connectivity index (χ0) is 16.2. The zero-order valence-electron chi connectivity index (χ0n) is 13.1. The second kappa shape index (κ2) is 6.64. The summed E-state index contributed by atoms with van der Waals surface area (Å²) in [5.74, 6) is 0.883. The summed E-state index contributed by atoms with van der Waals surface area (Å²) in [5, 5.41) is 3.66. The first kappa shape index (κ1) is 15.3. The van der Waals surface area contributed by atoms with Gasteiger partial charge in [0.15, 0.2) is 0 Å². The molecule has 122 valence electrons. The van der Waals surface area contributed by atoms with E-state index >= 15 is 0 Å². The van der Waals surface area contributed by atoms with Gasteiger partial charge in [-0.05, 0) is 19.8 Å². The standard InChI is InChI=1S/C15H18N4O4/c1-10-12(8-17-23-10)14(20)19-7-3-4-11(9-19)22-13-5-6-16-15(18-13)21-2/h5-6,8,11H,3-4,7,9H2,1-2H3. The Morgan fingerprint density at radius 2 is 2.35 bits per heavy atom. The predicted molar refractivity (Wildman–Crippen MR) is 79.4 cm³/mol. The lowest BCUT2D eigenvalue weighted by molar-refractivity contribution is 0.0524. The molecule has 0 radical (unpaired) electrons. The van der Waals surface area contributed by atoms with Gasteiger partial charge in [0.1, 0.15) is 17.4 Å². The molecule has 3 rings (SSSR count). The highest BCUT2D eigenvalue weighted by Gasteiger charge is 2.28. The predicted octanol–water partition coefficient (Wildman–Crippen LogP) is 1.47. The Morgan fingerprint density at radius 1 is 1.48 bits per heavy atom. The number of carbonyl (C=O) groups is 1. The molecule has 0 spiro atoms. The second-order valence-electron chi connectivity index (χ2n) is 5.31. The summed E-state index contributed by atoms with van der Waals surface area (Å²) in [6.07, 6.45) is 4.64. The fourth-order valence-electron chi connectivity index (χ4n) is 2.55. The third kappa shape index (κ3) is 3.41.